The Kier molecular flexibility index (Phi) is 7.75. The van der Waals surface area contributed by atoms with Gasteiger partial charge in [-0.1, -0.05) is 18.2 Å². The van der Waals surface area contributed by atoms with Crippen molar-refractivity contribution in [2.45, 2.75) is 49.8 Å². The van der Waals surface area contributed by atoms with Crippen molar-refractivity contribution in [2.75, 3.05) is 13.1 Å². The highest BCUT2D eigenvalue weighted by molar-refractivity contribution is 7.90. The van der Waals surface area contributed by atoms with Crippen LogP contribution in [0.15, 0.2) is 36.5 Å². The molecule has 1 aromatic carbocycles. The van der Waals surface area contributed by atoms with Gasteiger partial charge in [-0.2, -0.15) is 18.3 Å². The van der Waals surface area contributed by atoms with Crippen molar-refractivity contribution in [3.05, 3.63) is 53.6 Å². The van der Waals surface area contributed by atoms with E-state index in [1.54, 1.807) is 18.3 Å². The molecule has 4 rings (SSSR count). The topological polar surface area (TPSA) is 105 Å². The third-order valence-corrected chi connectivity index (χ3v) is 7.25. The molecule has 13 heteroatoms. The highest BCUT2D eigenvalue weighted by Crippen LogP contribution is 2.28. The van der Waals surface area contributed by atoms with E-state index in [1.165, 1.54) is 6.07 Å². The maximum atomic E-state index is 14.0. The molecule has 0 radical (unpaired) electrons. The summed E-state index contributed by atoms with van der Waals surface area (Å²) < 4.78 is 74.4. The summed E-state index contributed by atoms with van der Waals surface area (Å²) >= 11 is 0. The first-order valence-corrected chi connectivity index (χ1v) is 11.8. The molecule has 1 aliphatic heterocycles. The van der Waals surface area contributed by atoms with Gasteiger partial charge in [0.05, 0.1) is 17.0 Å². The summed E-state index contributed by atoms with van der Waals surface area (Å²) in [6.45, 7) is 2.35. The second kappa shape index (κ2) is 10.2. The van der Waals surface area contributed by atoms with Gasteiger partial charge in [-0.3, -0.25) is 9.58 Å². The van der Waals surface area contributed by atoms with Crippen molar-refractivity contribution in [1.82, 2.24) is 19.4 Å². The lowest BCUT2D eigenvalue weighted by Crippen LogP contribution is -2.39. The van der Waals surface area contributed by atoms with Crippen LogP contribution < -0.4 is 4.72 Å². The molecule has 182 valence electrons. The van der Waals surface area contributed by atoms with E-state index in [9.17, 15) is 26.0 Å². The number of fused-ring (bicyclic) bond motifs is 1. The molecular formula is C20H24F4N4O4S. The number of aromatic nitrogens is 2. The van der Waals surface area contributed by atoms with Crippen LogP contribution in [0, 0.1) is 5.82 Å². The van der Waals surface area contributed by atoms with Crippen LogP contribution in [0.4, 0.5) is 17.6 Å². The van der Waals surface area contributed by atoms with Crippen molar-refractivity contribution in [3.63, 3.8) is 0 Å². The van der Waals surface area contributed by atoms with E-state index < -0.39 is 22.2 Å². The molecule has 1 saturated carbocycles. The normalized spacial score (nSPS) is 18.8. The van der Waals surface area contributed by atoms with Crippen molar-refractivity contribution in [2.24, 2.45) is 0 Å². The van der Waals surface area contributed by atoms with Gasteiger partial charge in [-0.05, 0) is 31.4 Å². The third kappa shape index (κ3) is 6.98. The van der Waals surface area contributed by atoms with Crippen LogP contribution in [-0.2, 0) is 27.9 Å². The fourth-order valence-electron chi connectivity index (χ4n) is 3.53. The molecule has 33 heavy (non-hydrogen) atoms. The number of nitrogens with one attached hydrogen (secondary N) is 1. The molecule has 8 nitrogen and oxygen atoms in total. The Balaban J connectivity index is 0.000000383. The molecule has 0 amide bonds. The lowest BCUT2D eigenvalue weighted by Gasteiger charge is -2.34. The summed E-state index contributed by atoms with van der Waals surface area (Å²) in [5.74, 6) is -2.95. The molecule has 0 spiro atoms. The van der Waals surface area contributed by atoms with Gasteiger partial charge in [0.25, 0.3) is 0 Å². The lowest BCUT2D eigenvalue weighted by molar-refractivity contribution is -0.192. The number of alkyl halides is 3. The fraction of sp³-hybridized carbons (Fsp3) is 0.500. The minimum absolute atomic E-state index is 0.0717. The first-order valence-electron chi connectivity index (χ1n) is 10.2. The Morgan fingerprint density at radius 1 is 1.21 bits per heavy atom. The number of halogens is 4. The summed E-state index contributed by atoms with van der Waals surface area (Å²) in [5.41, 5.74) is 1.75. The van der Waals surface area contributed by atoms with Crippen LogP contribution in [0.25, 0.3) is 0 Å². The third-order valence-electron chi connectivity index (χ3n) is 5.29. The number of nitrogens with zero attached hydrogens (tertiary/aromatic N) is 3. The zero-order valence-corrected chi connectivity index (χ0v) is 18.3. The second-order valence-electron chi connectivity index (χ2n) is 7.91. The van der Waals surface area contributed by atoms with E-state index in [0.29, 0.717) is 38.2 Å². The van der Waals surface area contributed by atoms with Gasteiger partial charge < -0.3 is 5.11 Å². The van der Waals surface area contributed by atoms with E-state index in [1.807, 2.05) is 16.8 Å². The van der Waals surface area contributed by atoms with Crippen LogP contribution in [0.1, 0.15) is 36.6 Å². The van der Waals surface area contributed by atoms with Crippen LogP contribution in [0.3, 0.4) is 0 Å². The average molecular weight is 492 g/mol. The summed E-state index contributed by atoms with van der Waals surface area (Å²) in [7, 11) is -3.16. The van der Waals surface area contributed by atoms with Crippen molar-refractivity contribution in [1.29, 1.82) is 0 Å². The highest BCUT2D eigenvalue weighted by atomic mass is 32.2. The first-order chi connectivity index (χ1) is 15.5. The highest BCUT2D eigenvalue weighted by Gasteiger charge is 2.38. The Morgan fingerprint density at radius 3 is 2.48 bits per heavy atom. The van der Waals surface area contributed by atoms with Crippen molar-refractivity contribution in [3.8, 4) is 0 Å². The minimum Gasteiger partial charge on any atom is -0.475 e. The molecule has 0 saturated heterocycles. The Hall–Kier alpha value is -2.51. The minimum atomic E-state index is -5.08. The number of benzene rings is 1. The van der Waals surface area contributed by atoms with Crippen molar-refractivity contribution >= 4 is 16.0 Å². The smallest absolute Gasteiger partial charge is 0.475 e. The number of hydrogen-bond acceptors (Lipinski definition) is 5. The Morgan fingerprint density at radius 2 is 1.88 bits per heavy atom. The number of carbonyl (C=O) groups is 1. The summed E-state index contributed by atoms with van der Waals surface area (Å²) in [5, 5.41) is 11.3. The predicted octanol–water partition coefficient (Wildman–Crippen LogP) is 2.68. The van der Waals surface area contributed by atoms with Gasteiger partial charge in [0.2, 0.25) is 10.0 Å². The molecule has 2 aromatic rings. The SMILES string of the molecule is O=C(O)C(F)(F)F.O=S(=O)(NCCC1CN(Cc2ccccc2F)Cc2ccnn21)C1CC1. The zero-order valence-electron chi connectivity index (χ0n) is 17.5. The number of carboxylic acid groups (broad SMARTS) is 1. The zero-order chi connectivity index (χ0) is 24.2. The molecule has 0 bridgehead atoms. The Bertz CT molecular complexity index is 1070. The molecular weight excluding hydrogens is 468 g/mol. The van der Waals surface area contributed by atoms with Crippen LogP contribution in [-0.4, -0.2) is 58.7 Å². The monoisotopic (exact) mass is 492 g/mol. The average Bonchev–Trinajstić information content (AvgIpc) is 3.49. The van der Waals surface area contributed by atoms with Crippen LogP contribution >= 0.6 is 0 Å². The molecule has 1 aromatic heterocycles. The van der Waals surface area contributed by atoms with Gasteiger partial charge in [0.15, 0.2) is 0 Å². The number of rotatable bonds is 7. The standard InChI is InChI=1S/C18H23FN4O2S.C2HF3O2/c19-18-4-2-1-3-14(18)11-22-12-15-7-9-20-23(15)16(13-22)8-10-21-26(24,25)17-5-6-17;3-2(4,5)1(6)7/h1-4,7,9,16-17,21H,5-6,8,10-13H2;(H,6,7). The second-order valence-corrected chi connectivity index (χ2v) is 9.96. The van der Waals surface area contributed by atoms with Crippen molar-refractivity contribution < 1.29 is 35.9 Å². The maximum Gasteiger partial charge on any atom is 0.490 e. The molecule has 1 aliphatic carbocycles. The maximum absolute atomic E-state index is 14.0. The van der Waals surface area contributed by atoms with Gasteiger partial charge >= 0.3 is 12.1 Å². The molecule has 1 unspecified atom stereocenters. The Labute approximate surface area is 188 Å². The van der Waals surface area contributed by atoms with E-state index in [0.717, 1.165) is 18.5 Å². The number of hydrogen-bond donors (Lipinski definition) is 2. The summed E-state index contributed by atoms with van der Waals surface area (Å²) in [6, 6.07) is 8.86. The van der Waals surface area contributed by atoms with E-state index in [-0.39, 0.29) is 17.1 Å². The van der Waals surface area contributed by atoms with Gasteiger partial charge in [0.1, 0.15) is 5.82 Å². The van der Waals surface area contributed by atoms with Crippen LogP contribution in [0.5, 0.6) is 0 Å². The first kappa shape index (κ1) is 25.1. The largest absolute Gasteiger partial charge is 0.490 e. The summed E-state index contributed by atoms with van der Waals surface area (Å²) in [4.78, 5) is 11.1. The molecule has 1 fully saturated rings. The molecule has 2 N–H and O–H groups in total. The number of aliphatic carboxylic acids is 1. The van der Waals surface area contributed by atoms with Gasteiger partial charge in [0, 0.05) is 37.9 Å². The summed E-state index contributed by atoms with van der Waals surface area (Å²) in [6.07, 6.45) is -1.13. The number of carboxylic acids is 1. The van der Waals surface area contributed by atoms with E-state index in [2.05, 4.69) is 14.7 Å². The van der Waals surface area contributed by atoms with E-state index in [4.69, 9.17) is 9.90 Å². The molecule has 1 atom stereocenters. The predicted molar refractivity (Wildman–Crippen MR) is 110 cm³/mol. The van der Waals surface area contributed by atoms with Gasteiger partial charge in [-0.25, -0.2) is 22.3 Å². The van der Waals surface area contributed by atoms with Crippen LogP contribution in [0.2, 0.25) is 0 Å². The van der Waals surface area contributed by atoms with Gasteiger partial charge in [-0.15, -0.1) is 0 Å². The molecule has 2 aliphatic rings. The van der Waals surface area contributed by atoms with E-state index >= 15 is 0 Å². The number of sulfonamides is 1. The fourth-order valence-corrected chi connectivity index (χ4v) is 4.92. The lowest BCUT2D eigenvalue weighted by atomic mass is 10.1. The quantitative estimate of drug-likeness (QED) is 0.576. The molecule has 2 heterocycles.